The Morgan fingerprint density at radius 2 is 1.76 bits per heavy atom. The molecule has 1 aliphatic rings. The van der Waals surface area contributed by atoms with E-state index in [0.717, 1.165) is 0 Å². The van der Waals surface area contributed by atoms with E-state index in [2.05, 4.69) is 77.5 Å². The molecule has 0 aromatic heterocycles. The average Bonchev–Trinajstić information content (AvgIpc) is 2.79. The Morgan fingerprint density at radius 3 is 2.53 bits per heavy atom. The molecule has 0 fully saturated rings. The first-order valence-corrected chi connectivity index (χ1v) is 6.59. The summed E-state index contributed by atoms with van der Waals surface area (Å²) in [6, 6.07) is 15.0. The molecule has 1 unspecified atom stereocenters. The van der Waals surface area contributed by atoms with Crippen molar-refractivity contribution in [1.82, 2.24) is 0 Å². The SMILES string of the molecule is Cc1ccc2c(c1Br)C(c1ccccc1)C=C2. The van der Waals surface area contributed by atoms with E-state index in [0.29, 0.717) is 5.92 Å². The van der Waals surface area contributed by atoms with Crippen molar-refractivity contribution < 1.29 is 0 Å². The maximum absolute atomic E-state index is 3.73. The molecule has 17 heavy (non-hydrogen) atoms. The standard InChI is InChI=1S/C16H13Br/c1-11-7-8-13-9-10-14(15(13)16(11)17)12-5-3-2-4-6-12/h2-10,14H,1H3. The number of allylic oxidation sites excluding steroid dienone is 1. The fourth-order valence-corrected chi connectivity index (χ4v) is 3.02. The van der Waals surface area contributed by atoms with Crippen LogP contribution in [0, 0.1) is 6.92 Å². The van der Waals surface area contributed by atoms with Crippen molar-refractivity contribution in [3.05, 3.63) is 75.3 Å². The molecule has 0 amide bonds. The summed E-state index contributed by atoms with van der Waals surface area (Å²) in [7, 11) is 0. The number of rotatable bonds is 1. The van der Waals surface area contributed by atoms with E-state index in [1.165, 1.54) is 26.7 Å². The molecule has 2 aromatic carbocycles. The predicted octanol–water partition coefficient (Wildman–Crippen LogP) is 4.92. The molecule has 0 bridgehead atoms. The van der Waals surface area contributed by atoms with Crippen molar-refractivity contribution >= 4 is 22.0 Å². The van der Waals surface area contributed by atoms with Gasteiger partial charge in [-0.25, -0.2) is 0 Å². The maximum Gasteiger partial charge on any atom is 0.0290 e. The Kier molecular flexibility index (Phi) is 2.64. The quantitative estimate of drug-likeness (QED) is 0.698. The summed E-state index contributed by atoms with van der Waals surface area (Å²) in [5.41, 5.74) is 5.38. The summed E-state index contributed by atoms with van der Waals surface area (Å²) in [6.07, 6.45) is 4.50. The van der Waals surface area contributed by atoms with Crippen LogP contribution in [-0.2, 0) is 0 Å². The van der Waals surface area contributed by atoms with Crippen molar-refractivity contribution in [2.75, 3.05) is 0 Å². The van der Waals surface area contributed by atoms with E-state index in [4.69, 9.17) is 0 Å². The Hall–Kier alpha value is -1.34. The normalized spacial score (nSPS) is 17.2. The molecule has 0 radical (unpaired) electrons. The smallest absolute Gasteiger partial charge is 0.0290 e. The van der Waals surface area contributed by atoms with Gasteiger partial charge in [0, 0.05) is 10.4 Å². The van der Waals surface area contributed by atoms with Gasteiger partial charge < -0.3 is 0 Å². The van der Waals surface area contributed by atoms with Crippen molar-refractivity contribution in [3.8, 4) is 0 Å². The van der Waals surface area contributed by atoms with E-state index in [1.807, 2.05) is 0 Å². The van der Waals surface area contributed by atoms with Crippen molar-refractivity contribution in [2.45, 2.75) is 12.8 Å². The molecule has 0 saturated heterocycles. The van der Waals surface area contributed by atoms with Crippen molar-refractivity contribution in [3.63, 3.8) is 0 Å². The first-order valence-electron chi connectivity index (χ1n) is 5.79. The Bertz CT molecular complexity index is 582. The van der Waals surface area contributed by atoms with Gasteiger partial charge >= 0.3 is 0 Å². The summed E-state index contributed by atoms with van der Waals surface area (Å²) in [5.74, 6) is 0.389. The van der Waals surface area contributed by atoms with Gasteiger partial charge in [-0.2, -0.15) is 0 Å². The van der Waals surface area contributed by atoms with Crippen LogP contribution in [-0.4, -0.2) is 0 Å². The Balaban J connectivity index is 2.16. The highest BCUT2D eigenvalue weighted by Crippen LogP contribution is 2.40. The highest BCUT2D eigenvalue weighted by Gasteiger charge is 2.22. The summed E-state index contributed by atoms with van der Waals surface area (Å²) >= 11 is 3.73. The summed E-state index contributed by atoms with van der Waals surface area (Å²) in [5, 5.41) is 0. The summed E-state index contributed by atoms with van der Waals surface area (Å²) in [4.78, 5) is 0. The second kappa shape index (κ2) is 4.15. The molecule has 0 nitrogen and oxygen atoms in total. The maximum atomic E-state index is 3.73. The lowest BCUT2D eigenvalue weighted by atomic mass is 9.92. The van der Waals surface area contributed by atoms with Crippen LogP contribution in [0.5, 0.6) is 0 Å². The lowest BCUT2D eigenvalue weighted by molar-refractivity contribution is 1.03. The Morgan fingerprint density at radius 1 is 1.00 bits per heavy atom. The molecule has 2 aromatic rings. The van der Waals surface area contributed by atoms with Gasteiger partial charge in [0.1, 0.15) is 0 Å². The van der Waals surface area contributed by atoms with E-state index in [-0.39, 0.29) is 0 Å². The van der Waals surface area contributed by atoms with E-state index in [1.54, 1.807) is 0 Å². The molecule has 1 heteroatoms. The van der Waals surface area contributed by atoms with Gasteiger partial charge in [-0.15, -0.1) is 0 Å². The average molecular weight is 285 g/mol. The monoisotopic (exact) mass is 284 g/mol. The minimum absolute atomic E-state index is 0.389. The van der Waals surface area contributed by atoms with Gasteiger partial charge in [0.2, 0.25) is 0 Å². The molecule has 0 saturated carbocycles. The summed E-state index contributed by atoms with van der Waals surface area (Å²) < 4.78 is 1.24. The van der Waals surface area contributed by atoms with Crippen LogP contribution in [0.25, 0.3) is 6.08 Å². The minimum atomic E-state index is 0.389. The molecule has 0 aliphatic heterocycles. The van der Waals surface area contributed by atoms with Gasteiger partial charge in [-0.05, 0) is 29.2 Å². The van der Waals surface area contributed by atoms with Gasteiger partial charge in [-0.3, -0.25) is 0 Å². The van der Waals surface area contributed by atoms with Crippen LogP contribution >= 0.6 is 15.9 Å². The van der Waals surface area contributed by atoms with Crippen molar-refractivity contribution in [1.29, 1.82) is 0 Å². The second-order valence-electron chi connectivity index (χ2n) is 4.45. The number of aryl methyl sites for hydroxylation is 1. The number of hydrogen-bond acceptors (Lipinski definition) is 0. The first kappa shape index (κ1) is 10.8. The summed E-state index contributed by atoms with van der Waals surface area (Å²) in [6.45, 7) is 2.14. The lowest BCUT2D eigenvalue weighted by Gasteiger charge is -2.14. The number of hydrogen-bond donors (Lipinski definition) is 0. The highest BCUT2D eigenvalue weighted by molar-refractivity contribution is 9.10. The fraction of sp³-hybridized carbons (Fsp3) is 0.125. The molecular weight excluding hydrogens is 272 g/mol. The third kappa shape index (κ3) is 1.75. The molecule has 1 aliphatic carbocycles. The molecule has 1 atom stereocenters. The van der Waals surface area contributed by atoms with Gasteiger partial charge in [0.15, 0.2) is 0 Å². The van der Waals surface area contributed by atoms with Gasteiger partial charge in [0.25, 0.3) is 0 Å². The minimum Gasteiger partial charge on any atom is -0.0720 e. The first-order chi connectivity index (χ1) is 8.27. The van der Waals surface area contributed by atoms with Gasteiger partial charge in [-0.1, -0.05) is 70.5 Å². The second-order valence-corrected chi connectivity index (χ2v) is 5.24. The Labute approximate surface area is 110 Å². The molecule has 84 valence electrons. The van der Waals surface area contributed by atoms with Crippen LogP contribution in [0.1, 0.15) is 28.2 Å². The molecule has 3 rings (SSSR count). The molecule has 0 N–H and O–H groups in total. The molecule has 0 spiro atoms. The number of benzene rings is 2. The predicted molar refractivity (Wildman–Crippen MR) is 76.2 cm³/mol. The number of halogens is 1. The zero-order chi connectivity index (χ0) is 11.8. The van der Waals surface area contributed by atoms with Crippen molar-refractivity contribution in [2.24, 2.45) is 0 Å². The van der Waals surface area contributed by atoms with Crippen LogP contribution in [0.4, 0.5) is 0 Å². The van der Waals surface area contributed by atoms with E-state index in [9.17, 15) is 0 Å². The topological polar surface area (TPSA) is 0 Å². The molecule has 0 heterocycles. The lowest BCUT2D eigenvalue weighted by Crippen LogP contribution is -1.98. The number of fused-ring (bicyclic) bond motifs is 1. The highest BCUT2D eigenvalue weighted by atomic mass is 79.9. The van der Waals surface area contributed by atoms with E-state index >= 15 is 0 Å². The fourth-order valence-electron chi connectivity index (χ4n) is 2.41. The molecular formula is C16H13Br. The van der Waals surface area contributed by atoms with E-state index < -0.39 is 0 Å². The van der Waals surface area contributed by atoms with Crippen LogP contribution in [0.15, 0.2) is 53.0 Å². The van der Waals surface area contributed by atoms with Crippen LogP contribution < -0.4 is 0 Å². The van der Waals surface area contributed by atoms with Gasteiger partial charge in [0.05, 0.1) is 0 Å². The third-order valence-corrected chi connectivity index (χ3v) is 4.40. The van der Waals surface area contributed by atoms with Crippen LogP contribution in [0.3, 0.4) is 0 Å². The zero-order valence-corrected chi connectivity index (χ0v) is 11.2. The third-order valence-electron chi connectivity index (χ3n) is 3.34. The zero-order valence-electron chi connectivity index (χ0n) is 9.65. The van der Waals surface area contributed by atoms with Crippen LogP contribution in [0.2, 0.25) is 0 Å². The largest absolute Gasteiger partial charge is 0.0720 e.